The third kappa shape index (κ3) is 4.10. The maximum atomic E-state index is 6.42. The third-order valence-electron chi connectivity index (χ3n) is 8.01. The SMILES string of the molecule is CC1(C)OB(c2ccccc2-c2nc(-c3ccccc3)nc(-c3ccc4oc5ccccc5c4c3)n2)OC1(C)C. The van der Waals surface area contributed by atoms with Gasteiger partial charge in [-0.05, 0) is 57.4 Å². The molecule has 0 unspecified atom stereocenters. The molecule has 2 aromatic heterocycles. The van der Waals surface area contributed by atoms with Gasteiger partial charge in [0.1, 0.15) is 11.2 Å². The molecule has 0 amide bonds. The van der Waals surface area contributed by atoms with Gasteiger partial charge in [-0.15, -0.1) is 0 Å². The van der Waals surface area contributed by atoms with Crippen molar-refractivity contribution in [3.63, 3.8) is 0 Å². The van der Waals surface area contributed by atoms with Gasteiger partial charge in [0.15, 0.2) is 17.5 Å². The van der Waals surface area contributed by atoms with Crippen LogP contribution >= 0.6 is 0 Å². The molecule has 0 aliphatic carbocycles. The molecule has 6 aromatic rings. The first-order valence-electron chi connectivity index (χ1n) is 13.5. The molecule has 0 spiro atoms. The topological polar surface area (TPSA) is 70.3 Å². The van der Waals surface area contributed by atoms with Crippen molar-refractivity contribution in [1.29, 1.82) is 0 Å². The first-order valence-corrected chi connectivity index (χ1v) is 13.5. The molecule has 40 heavy (non-hydrogen) atoms. The van der Waals surface area contributed by atoms with E-state index in [1.165, 1.54) is 0 Å². The molecule has 7 heteroatoms. The van der Waals surface area contributed by atoms with Crippen LogP contribution < -0.4 is 5.46 Å². The molecule has 1 fully saturated rings. The van der Waals surface area contributed by atoms with E-state index < -0.39 is 18.3 Å². The summed E-state index contributed by atoms with van der Waals surface area (Å²) in [5.41, 5.74) is 4.27. The molecule has 7 rings (SSSR count). The molecule has 6 nitrogen and oxygen atoms in total. The summed E-state index contributed by atoms with van der Waals surface area (Å²) in [7, 11) is -0.546. The highest BCUT2D eigenvalue weighted by molar-refractivity contribution is 6.63. The van der Waals surface area contributed by atoms with E-state index in [1.807, 2.05) is 84.9 Å². The summed E-state index contributed by atoms with van der Waals surface area (Å²) in [6, 6.07) is 32.1. The van der Waals surface area contributed by atoms with Crippen LogP contribution in [0.3, 0.4) is 0 Å². The molecule has 0 atom stereocenters. The fourth-order valence-electron chi connectivity index (χ4n) is 5.08. The largest absolute Gasteiger partial charge is 0.495 e. The zero-order valence-corrected chi connectivity index (χ0v) is 22.9. The summed E-state index contributed by atoms with van der Waals surface area (Å²) in [4.78, 5) is 14.9. The van der Waals surface area contributed by atoms with E-state index in [0.717, 1.165) is 44.1 Å². The molecule has 3 heterocycles. The fraction of sp³-hybridized carbons (Fsp3) is 0.182. The fourth-order valence-corrected chi connectivity index (χ4v) is 5.08. The Morgan fingerprint density at radius 1 is 0.550 bits per heavy atom. The van der Waals surface area contributed by atoms with Gasteiger partial charge in [0.05, 0.1) is 11.2 Å². The van der Waals surface area contributed by atoms with Crippen molar-refractivity contribution in [1.82, 2.24) is 15.0 Å². The lowest BCUT2D eigenvalue weighted by Gasteiger charge is -2.32. The number of furan rings is 1. The van der Waals surface area contributed by atoms with Crippen molar-refractivity contribution in [3.8, 4) is 34.2 Å². The van der Waals surface area contributed by atoms with Crippen molar-refractivity contribution in [2.24, 2.45) is 0 Å². The van der Waals surface area contributed by atoms with E-state index >= 15 is 0 Å². The Hall–Kier alpha value is -4.33. The van der Waals surface area contributed by atoms with Crippen LogP contribution in [-0.4, -0.2) is 33.3 Å². The smallest absolute Gasteiger partial charge is 0.456 e. The number of hydrogen-bond acceptors (Lipinski definition) is 6. The Morgan fingerprint density at radius 2 is 1.15 bits per heavy atom. The summed E-state index contributed by atoms with van der Waals surface area (Å²) in [6.07, 6.45) is 0. The number of benzene rings is 4. The molecule has 0 radical (unpaired) electrons. The second-order valence-corrected chi connectivity index (χ2v) is 11.2. The molecule has 1 aliphatic heterocycles. The Balaban J connectivity index is 1.41. The molecule has 0 saturated carbocycles. The monoisotopic (exact) mass is 525 g/mol. The Labute approximate surface area is 233 Å². The quantitative estimate of drug-likeness (QED) is 0.229. The minimum atomic E-state index is -0.546. The van der Waals surface area contributed by atoms with Crippen molar-refractivity contribution in [3.05, 3.63) is 97.1 Å². The molecule has 0 N–H and O–H groups in total. The van der Waals surface area contributed by atoms with Crippen LogP contribution in [0.1, 0.15) is 27.7 Å². The third-order valence-corrected chi connectivity index (χ3v) is 8.01. The summed E-state index contributed by atoms with van der Waals surface area (Å²) in [5.74, 6) is 1.74. The number of aromatic nitrogens is 3. The van der Waals surface area contributed by atoms with Crippen LogP contribution in [-0.2, 0) is 9.31 Å². The minimum Gasteiger partial charge on any atom is -0.456 e. The highest BCUT2D eigenvalue weighted by Crippen LogP contribution is 2.37. The van der Waals surface area contributed by atoms with Crippen LogP contribution in [0.5, 0.6) is 0 Å². The molecule has 0 bridgehead atoms. The van der Waals surface area contributed by atoms with Gasteiger partial charge < -0.3 is 13.7 Å². The summed E-state index contributed by atoms with van der Waals surface area (Å²) >= 11 is 0. The summed E-state index contributed by atoms with van der Waals surface area (Å²) in [6.45, 7) is 8.22. The zero-order valence-electron chi connectivity index (χ0n) is 22.9. The lowest BCUT2D eigenvalue weighted by atomic mass is 9.75. The Bertz CT molecular complexity index is 1870. The Morgan fingerprint density at radius 3 is 1.93 bits per heavy atom. The van der Waals surface area contributed by atoms with Crippen molar-refractivity contribution in [2.45, 2.75) is 38.9 Å². The lowest BCUT2D eigenvalue weighted by molar-refractivity contribution is 0.00578. The molecule has 1 aliphatic rings. The molecule has 1 saturated heterocycles. The van der Waals surface area contributed by atoms with E-state index in [-0.39, 0.29) is 0 Å². The van der Waals surface area contributed by atoms with Crippen LogP contribution in [0.15, 0.2) is 101 Å². The maximum absolute atomic E-state index is 6.42. The Kier molecular flexibility index (Phi) is 5.63. The van der Waals surface area contributed by atoms with E-state index in [9.17, 15) is 0 Å². The van der Waals surface area contributed by atoms with Gasteiger partial charge in [-0.1, -0.05) is 72.8 Å². The summed E-state index contributed by atoms with van der Waals surface area (Å²) < 4.78 is 18.9. The average molecular weight is 525 g/mol. The number of rotatable bonds is 4. The lowest BCUT2D eigenvalue weighted by Crippen LogP contribution is -2.41. The normalized spacial score (nSPS) is 16.1. The van der Waals surface area contributed by atoms with E-state index in [1.54, 1.807) is 0 Å². The average Bonchev–Trinajstić information content (AvgIpc) is 3.45. The standard InChI is InChI=1S/C33H28BN3O3/c1-32(2)33(3,4)40-34(39-32)26-16-10-8-15-24(26)31-36-29(21-12-6-5-7-13-21)35-30(37-31)22-18-19-28-25(20-22)23-14-9-11-17-27(23)38-28/h5-20H,1-4H3. The first kappa shape index (κ1) is 24.7. The maximum Gasteiger partial charge on any atom is 0.495 e. The molecular formula is C33H28BN3O3. The van der Waals surface area contributed by atoms with Gasteiger partial charge in [-0.2, -0.15) is 0 Å². The van der Waals surface area contributed by atoms with E-state index in [4.69, 9.17) is 28.7 Å². The van der Waals surface area contributed by atoms with E-state index in [0.29, 0.717) is 17.5 Å². The summed E-state index contributed by atoms with van der Waals surface area (Å²) in [5, 5.41) is 2.08. The van der Waals surface area contributed by atoms with Gasteiger partial charge in [-0.3, -0.25) is 0 Å². The van der Waals surface area contributed by atoms with Crippen molar-refractivity contribution < 1.29 is 13.7 Å². The molecule has 196 valence electrons. The predicted octanol–water partition coefficient (Wildman–Crippen LogP) is 7.07. The van der Waals surface area contributed by atoms with Gasteiger partial charge >= 0.3 is 7.12 Å². The number of hydrogen-bond donors (Lipinski definition) is 0. The van der Waals surface area contributed by atoms with E-state index in [2.05, 4.69) is 39.8 Å². The molecule has 4 aromatic carbocycles. The highest BCUT2D eigenvalue weighted by atomic mass is 16.7. The second-order valence-electron chi connectivity index (χ2n) is 11.2. The minimum absolute atomic E-state index is 0.465. The van der Waals surface area contributed by atoms with Gasteiger partial charge in [0, 0.05) is 27.5 Å². The van der Waals surface area contributed by atoms with Crippen LogP contribution in [0.2, 0.25) is 0 Å². The first-order chi connectivity index (χ1) is 19.3. The number of nitrogens with zero attached hydrogens (tertiary/aromatic N) is 3. The van der Waals surface area contributed by atoms with Crippen LogP contribution in [0, 0.1) is 0 Å². The van der Waals surface area contributed by atoms with Crippen molar-refractivity contribution >= 4 is 34.5 Å². The van der Waals surface area contributed by atoms with Gasteiger partial charge in [0.25, 0.3) is 0 Å². The number of para-hydroxylation sites is 1. The van der Waals surface area contributed by atoms with Crippen LogP contribution in [0.4, 0.5) is 0 Å². The zero-order chi connectivity index (χ0) is 27.5. The van der Waals surface area contributed by atoms with Crippen LogP contribution in [0.25, 0.3) is 56.1 Å². The van der Waals surface area contributed by atoms with Crippen molar-refractivity contribution in [2.75, 3.05) is 0 Å². The predicted molar refractivity (Wildman–Crippen MR) is 159 cm³/mol. The van der Waals surface area contributed by atoms with Gasteiger partial charge in [-0.25, -0.2) is 15.0 Å². The second kappa shape index (κ2) is 9.12. The van der Waals surface area contributed by atoms with Gasteiger partial charge in [0.2, 0.25) is 0 Å². The molecular weight excluding hydrogens is 497 g/mol. The number of fused-ring (bicyclic) bond motifs is 3. The highest BCUT2D eigenvalue weighted by Gasteiger charge is 2.52.